The summed E-state index contributed by atoms with van der Waals surface area (Å²) in [5, 5.41) is 3.89. The van der Waals surface area contributed by atoms with Gasteiger partial charge in [-0.15, -0.1) is 0 Å². The van der Waals surface area contributed by atoms with Crippen molar-refractivity contribution in [1.29, 1.82) is 0 Å². The Morgan fingerprint density at radius 3 is 2.43 bits per heavy atom. The van der Waals surface area contributed by atoms with Crippen molar-refractivity contribution in [2.75, 3.05) is 20.1 Å². The van der Waals surface area contributed by atoms with Crippen LogP contribution >= 0.6 is 0 Å². The summed E-state index contributed by atoms with van der Waals surface area (Å²) in [7, 11) is 2.39. The number of hydrogen-bond donors (Lipinski definition) is 1. The molecule has 0 spiro atoms. The lowest BCUT2D eigenvalue weighted by Gasteiger charge is -2.48. The van der Waals surface area contributed by atoms with Crippen LogP contribution in [0.2, 0.25) is 0 Å². The monoisotopic (exact) mass is 294 g/mol. The van der Waals surface area contributed by atoms with E-state index < -0.39 is 0 Å². The van der Waals surface area contributed by atoms with E-state index in [1.54, 1.807) is 0 Å². The third-order valence-corrected chi connectivity index (χ3v) is 6.00. The number of rotatable bonds is 6. The summed E-state index contributed by atoms with van der Waals surface area (Å²) >= 11 is 0. The van der Waals surface area contributed by atoms with Gasteiger partial charge in [0, 0.05) is 18.6 Å². The lowest BCUT2D eigenvalue weighted by atomic mass is 9.70. The zero-order valence-electron chi connectivity index (χ0n) is 15.0. The lowest BCUT2D eigenvalue weighted by Crippen LogP contribution is -2.58. The molecule has 0 aliphatic heterocycles. The van der Waals surface area contributed by atoms with Crippen molar-refractivity contribution >= 4 is 0 Å². The summed E-state index contributed by atoms with van der Waals surface area (Å²) in [4.78, 5) is 2.71. The first-order chi connectivity index (χ1) is 10.0. The predicted molar refractivity (Wildman–Crippen MR) is 92.7 cm³/mol. The molecule has 124 valence electrons. The summed E-state index contributed by atoms with van der Waals surface area (Å²) in [6.45, 7) is 9.72. The van der Waals surface area contributed by atoms with Crippen molar-refractivity contribution in [2.45, 2.75) is 90.6 Å². The van der Waals surface area contributed by atoms with E-state index in [1.807, 2.05) is 0 Å². The first-order valence-corrected chi connectivity index (χ1v) is 9.48. The van der Waals surface area contributed by atoms with Crippen LogP contribution in [0.15, 0.2) is 0 Å². The Labute approximate surface area is 133 Å². The zero-order chi connectivity index (χ0) is 15.3. The second-order valence-corrected chi connectivity index (χ2v) is 8.32. The third-order valence-electron chi connectivity index (χ3n) is 6.00. The van der Waals surface area contributed by atoms with E-state index in [-0.39, 0.29) is 0 Å². The average molecular weight is 295 g/mol. The van der Waals surface area contributed by atoms with E-state index >= 15 is 0 Å². The van der Waals surface area contributed by atoms with Crippen LogP contribution in [0.25, 0.3) is 0 Å². The van der Waals surface area contributed by atoms with E-state index in [0.717, 1.165) is 12.0 Å². The highest BCUT2D eigenvalue weighted by atomic mass is 15.2. The predicted octanol–water partition coefficient (Wildman–Crippen LogP) is 4.45. The molecule has 0 heterocycles. The molecule has 1 N–H and O–H groups in total. The maximum atomic E-state index is 3.89. The normalized spacial score (nSPS) is 30.7. The zero-order valence-corrected chi connectivity index (χ0v) is 15.0. The minimum Gasteiger partial charge on any atom is -0.312 e. The molecule has 2 aliphatic rings. The Hall–Kier alpha value is -0.0800. The first kappa shape index (κ1) is 17.3. The fraction of sp³-hybridized carbons (Fsp3) is 1.00. The van der Waals surface area contributed by atoms with Crippen LogP contribution in [-0.2, 0) is 0 Å². The van der Waals surface area contributed by atoms with Gasteiger partial charge in [0.15, 0.2) is 0 Å². The molecule has 2 rings (SSSR count). The van der Waals surface area contributed by atoms with E-state index in [4.69, 9.17) is 0 Å². The largest absolute Gasteiger partial charge is 0.312 e. The molecule has 0 aromatic rings. The van der Waals surface area contributed by atoms with Crippen LogP contribution in [0.5, 0.6) is 0 Å². The molecule has 2 unspecified atom stereocenters. The second kappa shape index (κ2) is 7.97. The molecule has 2 aliphatic carbocycles. The molecule has 2 heteroatoms. The maximum absolute atomic E-state index is 3.89. The van der Waals surface area contributed by atoms with Crippen molar-refractivity contribution in [1.82, 2.24) is 10.2 Å². The van der Waals surface area contributed by atoms with Gasteiger partial charge in [-0.3, -0.25) is 0 Å². The highest BCUT2D eigenvalue weighted by Gasteiger charge is 2.40. The van der Waals surface area contributed by atoms with Crippen molar-refractivity contribution in [3.63, 3.8) is 0 Å². The summed E-state index contributed by atoms with van der Waals surface area (Å²) < 4.78 is 0. The lowest BCUT2D eigenvalue weighted by molar-refractivity contribution is 0.0510. The maximum Gasteiger partial charge on any atom is 0.0274 e. The van der Waals surface area contributed by atoms with Crippen molar-refractivity contribution in [3.05, 3.63) is 0 Å². The summed E-state index contributed by atoms with van der Waals surface area (Å²) in [6.07, 6.45) is 12.7. The molecule has 0 saturated heterocycles. The smallest absolute Gasteiger partial charge is 0.0274 e. The Kier molecular flexibility index (Phi) is 6.55. The second-order valence-electron chi connectivity index (χ2n) is 8.32. The van der Waals surface area contributed by atoms with Crippen molar-refractivity contribution in [3.8, 4) is 0 Å². The molecule has 2 atom stereocenters. The van der Waals surface area contributed by atoms with Gasteiger partial charge in [0.25, 0.3) is 0 Å². The van der Waals surface area contributed by atoms with Crippen LogP contribution in [0.3, 0.4) is 0 Å². The molecule has 0 amide bonds. The number of hydrogen-bond acceptors (Lipinski definition) is 2. The molecule has 2 fully saturated rings. The molecule has 21 heavy (non-hydrogen) atoms. The first-order valence-electron chi connectivity index (χ1n) is 9.48. The summed E-state index contributed by atoms with van der Waals surface area (Å²) in [5.74, 6) is 0.959. The number of nitrogens with one attached hydrogen (secondary N) is 1. The molecule has 0 aromatic carbocycles. The number of nitrogens with zero attached hydrogens (tertiary/aromatic N) is 1. The van der Waals surface area contributed by atoms with Crippen LogP contribution in [-0.4, -0.2) is 37.1 Å². The van der Waals surface area contributed by atoms with Gasteiger partial charge in [-0.1, -0.05) is 46.5 Å². The minimum absolute atomic E-state index is 0.443. The summed E-state index contributed by atoms with van der Waals surface area (Å²) in [5.41, 5.74) is 0.443. The van der Waals surface area contributed by atoms with Gasteiger partial charge in [-0.05, 0) is 57.0 Å². The topological polar surface area (TPSA) is 15.3 Å². The van der Waals surface area contributed by atoms with E-state index in [1.165, 1.54) is 70.9 Å². The Morgan fingerprint density at radius 2 is 1.76 bits per heavy atom. The van der Waals surface area contributed by atoms with Gasteiger partial charge in [-0.25, -0.2) is 0 Å². The fourth-order valence-corrected chi connectivity index (χ4v) is 4.71. The van der Waals surface area contributed by atoms with E-state index in [0.29, 0.717) is 11.5 Å². The van der Waals surface area contributed by atoms with E-state index in [2.05, 4.69) is 38.0 Å². The minimum atomic E-state index is 0.443. The third kappa shape index (κ3) is 4.69. The molecule has 0 bridgehead atoms. The SMILES string of the molecule is CCCNC1C(N(C)CC2CCCCC2)CCCC1(C)C. The van der Waals surface area contributed by atoms with Gasteiger partial charge in [0.05, 0.1) is 0 Å². The molecular formula is C19H38N2. The highest BCUT2D eigenvalue weighted by Crippen LogP contribution is 2.38. The Balaban J connectivity index is 1.96. The molecule has 0 aromatic heterocycles. The van der Waals surface area contributed by atoms with Crippen molar-refractivity contribution < 1.29 is 0 Å². The van der Waals surface area contributed by atoms with Crippen LogP contribution in [0, 0.1) is 11.3 Å². The Bertz CT molecular complexity index is 294. The number of likely N-dealkylation sites (N-methyl/N-ethyl adjacent to an activating group) is 1. The van der Waals surface area contributed by atoms with E-state index in [9.17, 15) is 0 Å². The van der Waals surface area contributed by atoms with Gasteiger partial charge in [0.1, 0.15) is 0 Å². The quantitative estimate of drug-likeness (QED) is 0.779. The van der Waals surface area contributed by atoms with Gasteiger partial charge >= 0.3 is 0 Å². The molecule has 0 radical (unpaired) electrons. The Morgan fingerprint density at radius 1 is 1.05 bits per heavy atom. The van der Waals surface area contributed by atoms with Gasteiger partial charge in [-0.2, -0.15) is 0 Å². The van der Waals surface area contributed by atoms with Crippen LogP contribution in [0.4, 0.5) is 0 Å². The highest BCUT2D eigenvalue weighted by molar-refractivity contribution is 4.97. The summed E-state index contributed by atoms with van der Waals surface area (Å²) in [6, 6.07) is 1.40. The van der Waals surface area contributed by atoms with Crippen molar-refractivity contribution in [2.24, 2.45) is 11.3 Å². The standard InChI is InChI=1S/C19H38N2/c1-5-14-20-18-17(12-9-13-19(18,2)3)21(4)15-16-10-7-6-8-11-16/h16-18,20H,5-15H2,1-4H3. The van der Waals surface area contributed by atoms with Gasteiger partial charge in [0.2, 0.25) is 0 Å². The molecule has 2 nitrogen and oxygen atoms in total. The average Bonchev–Trinajstić information content (AvgIpc) is 2.46. The molecule has 2 saturated carbocycles. The fourth-order valence-electron chi connectivity index (χ4n) is 4.71. The van der Waals surface area contributed by atoms with Crippen LogP contribution in [0.1, 0.15) is 78.6 Å². The van der Waals surface area contributed by atoms with Crippen LogP contribution < -0.4 is 5.32 Å². The molecular weight excluding hydrogens is 256 g/mol. The van der Waals surface area contributed by atoms with Gasteiger partial charge < -0.3 is 10.2 Å².